The summed E-state index contributed by atoms with van der Waals surface area (Å²) in [5, 5.41) is 3.05. The van der Waals surface area contributed by atoms with E-state index in [1.165, 1.54) is 6.20 Å². The van der Waals surface area contributed by atoms with Crippen LogP contribution in [-0.4, -0.2) is 66.5 Å². The summed E-state index contributed by atoms with van der Waals surface area (Å²) in [7, 11) is 5.83. The lowest BCUT2D eigenvalue weighted by Crippen LogP contribution is -2.30. The van der Waals surface area contributed by atoms with E-state index in [4.69, 9.17) is 0 Å². The van der Waals surface area contributed by atoms with E-state index < -0.39 is 0 Å². The number of aromatic nitrogens is 2. The Morgan fingerprint density at radius 2 is 2.00 bits per heavy atom. The molecule has 0 aliphatic carbocycles. The fraction of sp³-hybridized carbons (Fsp3) is 0.615. The summed E-state index contributed by atoms with van der Waals surface area (Å²) >= 11 is 0. The van der Waals surface area contributed by atoms with Gasteiger partial charge in [-0.15, -0.1) is 0 Å². The van der Waals surface area contributed by atoms with Crippen molar-refractivity contribution in [2.24, 2.45) is 0 Å². The van der Waals surface area contributed by atoms with Crippen molar-refractivity contribution < 1.29 is 4.79 Å². The van der Waals surface area contributed by atoms with Crippen LogP contribution in [0.25, 0.3) is 0 Å². The van der Waals surface area contributed by atoms with Crippen LogP contribution >= 0.6 is 0 Å². The van der Waals surface area contributed by atoms with Crippen molar-refractivity contribution in [3.05, 3.63) is 18.1 Å². The Balaban J connectivity index is 2.58. The minimum atomic E-state index is -0.0917. The molecular weight excluding hydrogens is 242 g/mol. The highest BCUT2D eigenvalue weighted by Crippen LogP contribution is 2.05. The van der Waals surface area contributed by atoms with Gasteiger partial charge in [-0.3, -0.25) is 9.78 Å². The maximum absolute atomic E-state index is 12.2. The highest BCUT2D eigenvalue weighted by Gasteiger charge is 2.13. The normalized spacial score (nSPS) is 10.6. The lowest BCUT2D eigenvalue weighted by atomic mass is 10.3. The number of carbonyl (C=O) groups is 1. The zero-order valence-corrected chi connectivity index (χ0v) is 12.2. The van der Waals surface area contributed by atoms with Gasteiger partial charge in [-0.05, 0) is 34.0 Å². The zero-order valence-electron chi connectivity index (χ0n) is 12.2. The summed E-state index contributed by atoms with van der Waals surface area (Å²) in [6.45, 7) is 4.40. The van der Waals surface area contributed by atoms with Crippen LogP contribution in [0.2, 0.25) is 0 Å². The van der Waals surface area contributed by atoms with Gasteiger partial charge in [0.25, 0.3) is 5.91 Å². The third-order valence-electron chi connectivity index (χ3n) is 2.66. The number of hydrogen-bond acceptors (Lipinski definition) is 5. The Hall–Kier alpha value is -1.69. The van der Waals surface area contributed by atoms with E-state index in [0.717, 1.165) is 19.5 Å². The van der Waals surface area contributed by atoms with E-state index in [-0.39, 0.29) is 5.91 Å². The van der Waals surface area contributed by atoms with E-state index in [9.17, 15) is 4.79 Å². The Kier molecular flexibility index (Phi) is 6.21. The molecule has 0 unspecified atom stereocenters. The van der Waals surface area contributed by atoms with Crippen LogP contribution in [0.15, 0.2) is 12.4 Å². The van der Waals surface area contributed by atoms with Crippen molar-refractivity contribution in [2.75, 3.05) is 46.1 Å². The Morgan fingerprint density at radius 1 is 1.26 bits per heavy atom. The molecule has 106 valence electrons. The van der Waals surface area contributed by atoms with Gasteiger partial charge in [0, 0.05) is 20.1 Å². The molecule has 0 fully saturated rings. The molecule has 0 atom stereocenters. The fourth-order valence-electron chi connectivity index (χ4n) is 1.66. The molecule has 0 aliphatic rings. The van der Waals surface area contributed by atoms with Crippen LogP contribution in [0, 0.1) is 0 Å². The first-order valence-electron chi connectivity index (χ1n) is 6.50. The molecule has 0 saturated carbocycles. The van der Waals surface area contributed by atoms with Crippen molar-refractivity contribution in [1.29, 1.82) is 0 Å². The SMILES string of the molecule is CCNc1cncc(C(=O)N(C)CCCN(C)C)n1. The first-order chi connectivity index (χ1) is 9.04. The Morgan fingerprint density at radius 3 is 2.63 bits per heavy atom. The minimum absolute atomic E-state index is 0.0917. The van der Waals surface area contributed by atoms with Crippen molar-refractivity contribution in [1.82, 2.24) is 19.8 Å². The Labute approximate surface area is 114 Å². The number of anilines is 1. The predicted octanol–water partition coefficient (Wildman–Crippen LogP) is 0.932. The molecule has 1 amide bonds. The molecule has 1 heterocycles. The second-order valence-electron chi connectivity index (χ2n) is 4.70. The van der Waals surface area contributed by atoms with Crippen molar-refractivity contribution >= 4 is 11.7 Å². The molecule has 0 aromatic carbocycles. The van der Waals surface area contributed by atoms with Crippen molar-refractivity contribution in [3.63, 3.8) is 0 Å². The summed E-state index contributed by atoms with van der Waals surface area (Å²) < 4.78 is 0. The van der Waals surface area contributed by atoms with Gasteiger partial charge >= 0.3 is 0 Å². The number of rotatable bonds is 7. The molecule has 0 saturated heterocycles. The lowest BCUT2D eigenvalue weighted by molar-refractivity contribution is 0.0784. The number of hydrogen-bond donors (Lipinski definition) is 1. The highest BCUT2D eigenvalue weighted by atomic mass is 16.2. The molecule has 1 aromatic heterocycles. The third kappa shape index (κ3) is 5.21. The summed E-state index contributed by atoms with van der Waals surface area (Å²) in [6.07, 6.45) is 4.06. The van der Waals surface area contributed by atoms with Crippen LogP contribution in [0.5, 0.6) is 0 Å². The molecule has 0 radical (unpaired) electrons. The van der Waals surface area contributed by atoms with E-state index >= 15 is 0 Å². The quantitative estimate of drug-likeness (QED) is 0.795. The van der Waals surface area contributed by atoms with Gasteiger partial charge in [0.2, 0.25) is 0 Å². The van der Waals surface area contributed by atoms with Gasteiger partial charge in [0.15, 0.2) is 0 Å². The topological polar surface area (TPSA) is 61.4 Å². The molecule has 1 aromatic rings. The van der Waals surface area contributed by atoms with Crippen LogP contribution < -0.4 is 5.32 Å². The van der Waals surface area contributed by atoms with Crippen LogP contribution in [0.3, 0.4) is 0 Å². The number of carbonyl (C=O) groups excluding carboxylic acids is 1. The molecule has 1 rings (SSSR count). The largest absolute Gasteiger partial charge is 0.369 e. The first kappa shape index (κ1) is 15.4. The van der Waals surface area contributed by atoms with Crippen LogP contribution in [0.4, 0.5) is 5.82 Å². The second kappa shape index (κ2) is 7.68. The molecule has 1 N–H and O–H groups in total. The molecule has 0 spiro atoms. The molecule has 19 heavy (non-hydrogen) atoms. The lowest BCUT2D eigenvalue weighted by Gasteiger charge is -2.18. The van der Waals surface area contributed by atoms with Crippen molar-refractivity contribution in [2.45, 2.75) is 13.3 Å². The summed E-state index contributed by atoms with van der Waals surface area (Å²) in [5.74, 6) is 0.543. The van der Waals surface area contributed by atoms with E-state index in [0.29, 0.717) is 18.1 Å². The van der Waals surface area contributed by atoms with Gasteiger partial charge < -0.3 is 15.1 Å². The van der Waals surface area contributed by atoms with E-state index in [1.807, 2.05) is 21.0 Å². The zero-order chi connectivity index (χ0) is 14.3. The van der Waals surface area contributed by atoms with Gasteiger partial charge in [-0.25, -0.2) is 4.98 Å². The number of amides is 1. The average Bonchev–Trinajstić information content (AvgIpc) is 2.38. The van der Waals surface area contributed by atoms with E-state index in [1.54, 1.807) is 18.1 Å². The summed E-state index contributed by atoms with van der Waals surface area (Å²) in [4.78, 5) is 24.2. The van der Waals surface area contributed by atoms with Crippen LogP contribution in [0.1, 0.15) is 23.8 Å². The average molecular weight is 265 g/mol. The van der Waals surface area contributed by atoms with Gasteiger partial charge in [0.1, 0.15) is 11.5 Å². The van der Waals surface area contributed by atoms with Crippen molar-refractivity contribution in [3.8, 4) is 0 Å². The molecular formula is C13H23N5O. The maximum Gasteiger partial charge on any atom is 0.273 e. The first-order valence-corrected chi connectivity index (χ1v) is 6.50. The van der Waals surface area contributed by atoms with Gasteiger partial charge in [-0.1, -0.05) is 0 Å². The smallest absolute Gasteiger partial charge is 0.273 e. The van der Waals surface area contributed by atoms with E-state index in [2.05, 4.69) is 20.2 Å². The number of nitrogens with one attached hydrogen (secondary N) is 1. The standard InChI is InChI=1S/C13H23N5O/c1-5-15-12-10-14-9-11(16-12)13(19)18(4)8-6-7-17(2)3/h9-10H,5-8H2,1-4H3,(H,15,16). The second-order valence-corrected chi connectivity index (χ2v) is 4.70. The highest BCUT2D eigenvalue weighted by molar-refractivity contribution is 5.92. The molecule has 0 aliphatic heterocycles. The molecule has 0 bridgehead atoms. The summed E-state index contributed by atoms with van der Waals surface area (Å²) in [6, 6.07) is 0. The maximum atomic E-state index is 12.2. The monoisotopic (exact) mass is 265 g/mol. The minimum Gasteiger partial charge on any atom is -0.369 e. The third-order valence-corrected chi connectivity index (χ3v) is 2.66. The number of nitrogens with zero attached hydrogens (tertiary/aromatic N) is 4. The fourth-order valence-corrected chi connectivity index (χ4v) is 1.66. The van der Waals surface area contributed by atoms with Crippen LogP contribution in [-0.2, 0) is 0 Å². The van der Waals surface area contributed by atoms with Gasteiger partial charge in [0.05, 0.1) is 12.4 Å². The summed E-state index contributed by atoms with van der Waals surface area (Å²) in [5.41, 5.74) is 0.380. The predicted molar refractivity (Wildman–Crippen MR) is 76.3 cm³/mol. The van der Waals surface area contributed by atoms with Gasteiger partial charge in [-0.2, -0.15) is 0 Å². The molecule has 6 nitrogen and oxygen atoms in total. The Bertz CT molecular complexity index is 408. The molecule has 6 heteroatoms.